The molecule has 1 aromatic heterocycles. The highest BCUT2D eigenvalue weighted by Gasteiger charge is 2.22. The second-order valence-electron chi connectivity index (χ2n) is 7.68. The number of piperazine rings is 1. The lowest BCUT2D eigenvalue weighted by atomic mass is 10.2. The van der Waals surface area contributed by atoms with Crippen LogP contribution in [0.2, 0.25) is 0 Å². The van der Waals surface area contributed by atoms with Crippen LogP contribution in [-0.4, -0.2) is 53.7 Å². The van der Waals surface area contributed by atoms with Gasteiger partial charge < -0.3 is 19.1 Å². The van der Waals surface area contributed by atoms with Crippen molar-refractivity contribution < 1.29 is 14.1 Å². The molecule has 31 heavy (non-hydrogen) atoms. The standard InChI is InChI=1S/C24H28N4O3/c1-3-30-21-9-7-19(8-10-21)24-25-22(31-26-24)11-12-23(29)28-15-13-27(14-16-28)20-6-4-5-18(2)17-20/h4-10,17H,3,11-16H2,1-2H3. The average molecular weight is 421 g/mol. The minimum atomic E-state index is 0.129. The number of ether oxygens (including phenoxy) is 1. The molecule has 0 spiro atoms. The first kappa shape index (κ1) is 20.9. The Hall–Kier alpha value is -3.35. The number of rotatable bonds is 7. The zero-order chi connectivity index (χ0) is 21.6. The summed E-state index contributed by atoms with van der Waals surface area (Å²) in [6, 6.07) is 16.1. The quantitative estimate of drug-likeness (QED) is 0.580. The maximum Gasteiger partial charge on any atom is 0.227 e. The minimum absolute atomic E-state index is 0.129. The Bertz CT molecular complexity index is 1010. The molecule has 1 aliphatic heterocycles. The molecule has 4 rings (SSSR count). The Labute approximate surface area is 182 Å². The van der Waals surface area contributed by atoms with Gasteiger partial charge in [-0.15, -0.1) is 0 Å². The Balaban J connectivity index is 1.27. The molecule has 0 atom stereocenters. The van der Waals surface area contributed by atoms with Crippen molar-refractivity contribution in [2.24, 2.45) is 0 Å². The summed E-state index contributed by atoms with van der Waals surface area (Å²) in [4.78, 5) is 21.3. The Kier molecular flexibility index (Phi) is 6.50. The van der Waals surface area contributed by atoms with Crippen molar-refractivity contribution >= 4 is 11.6 Å². The third kappa shape index (κ3) is 5.23. The molecule has 3 aromatic rings. The van der Waals surface area contributed by atoms with Gasteiger partial charge in [0.2, 0.25) is 17.6 Å². The van der Waals surface area contributed by atoms with Crippen molar-refractivity contribution in [1.82, 2.24) is 15.0 Å². The van der Waals surface area contributed by atoms with E-state index in [0.717, 1.165) is 37.5 Å². The van der Waals surface area contributed by atoms with E-state index < -0.39 is 0 Å². The number of carbonyl (C=O) groups excluding carboxylic acids is 1. The predicted molar refractivity (Wildman–Crippen MR) is 119 cm³/mol. The fourth-order valence-corrected chi connectivity index (χ4v) is 3.75. The second kappa shape index (κ2) is 9.64. The number of carbonyl (C=O) groups is 1. The number of benzene rings is 2. The van der Waals surface area contributed by atoms with E-state index in [1.54, 1.807) is 0 Å². The molecule has 0 unspecified atom stereocenters. The van der Waals surface area contributed by atoms with Gasteiger partial charge in [-0.25, -0.2) is 0 Å². The number of amides is 1. The van der Waals surface area contributed by atoms with E-state index in [1.165, 1.54) is 11.3 Å². The molecule has 1 amide bonds. The number of aromatic nitrogens is 2. The molecular formula is C24H28N4O3. The summed E-state index contributed by atoms with van der Waals surface area (Å²) in [6.07, 6.45) is 0.816. The molecule has 0 radical (unpaired) electrons. The van der Waals surface area contributed by atoms with E-state index in [4.69, 9.17) is 9.26 Å². The van der Waals surface area contributed by atoms with Crippen LogP contribution in [0.1, 0.15) is 24.8 Å². The Morgan fingerprint density at radius 3 is 2.58 bits per heavy atom. The fraction of sp³-hybridized carbons (Fsp3) is 0.375. The molecule has 2 heterocycles. The van der Waals surface area contributed by atoms with Gasteiger partial charge in [0.1, 0.15) is 5.75 Å². The van der Waals surface area contributed by atoms with Gasteiger partial charge in [0.25, 0.3) is 0 Å². The molecule has 1 fully saturated rings. The molecule has 0 saturated carbocycles. The number of nitrogens with zero attached hydrogens (tertiary/aromatic N) is 4. The van der Waals surface area contributed by atoms with Crippen LogP contribution in [0.5, 0.6) is 5.75 Å². The van der Waals surface area contributed by atoms with Crippen molar-refractivity contribution in [2.45, 2.75) is 26.7 Å². The Morgan fingerprint density at radius 1 is 1.10 bits per heavy atom. The van der Waals surface area contributed by atoms with Crippen molar-refractivity contribution in [1.29, 1.82) is 0 Å². The molecule has 7 nitrogen and oxygen atoms in total. The van der Waals surface area contributed by atoms with E-state index >= 15 is 0 Å². The van der Waals surface area contributed by atoms with Crippen molar-refractivity contribution in [3.8, 4) is 17.1 Å². The molecule has 2 aromatic carbocycles. The lowest BCUT2D eigenvalue weighted by Gasteiger charge is -2.36. The van der Waals surface area contributed by atoms with Crippen LogP contribution in [0.4, 0.5) is 5.69 Å². The lowest BCUT2D eigenvalue weighted by Crippen LogP contribution is -2.48. The van der Waals surface area contributed by atoms with Crippen molar-refractivity contribution in [3.63, 3.8) is 0 Å². The van der Waals surface area contributed by atoms with Crippen molar-refractivity contribution in [3.05, 3.63) is 60.0 Å². The van der Waals surface area contributed by atoms with E-state index in [-0.39, 0.29) is 5.91 Å². The molecular weight excluding hydrogens is 392 g/mol. The summed E-state index contributed by atoms with van der Waals surface area (Å²) < 4.78 is 10.8. The van der Waals surface area contributed by atoms with Crippen LogP contribution in [0.3, 0.4) is 0 Å². The van der Waals surface area contributed by atoms with Crippen LogP contribution in [0.15, 0.2) is 53.1 Å². The Morgan fingerprint density at radius 2 is 1.87 bits per heavy atom. The van der Waals surface area contributed by atoms with Crippen LogP contribution >= 0.6 is 0 Å². The summed E-state index contributed by atoms with van der Waals surface area (Å²) in [6.45, 7) is 7.82. The predicted octanol–water partition coefficient (Wildman–Crippen LogP) is 3.73. The van der Waals surface area contributed by atoms with Crippen molar-refractivity contribution in [2.75, 3.05) is 37.7 Å². The third-order valence-electron chi connectivity index (χ3n) is 5.44. The van der Waals surface area contributed by atoms with Crippen LogP contribution < -0.4 is 9.64 Å². The zero-order valence-electron chi connectivity index (χ0n) is 18.1. The maximum absolute atomic E-state index is 12.6. The molecule has 162 valence electrons. The van der Waals surface area contributed by atoms with Crippen LogP contribution in [-0.2, 0) is 11.2 Å². The highest BCUT2D eigenvalue weighted by molar-refractivity contribution is 5.76. The van der Waals surface area contributed by atoms with Gasteiger partial charge in [-0.05, 0) is 55.8 Å². The highest BCUT2D eigenvalue weighted by Crippen LogP contribution is 2.21. The van der Waals surface area contributed by atoms with E-state index in [1.807, 2.05) is 36.1 Å². The second-order valence-corrected chi connectivity index (χ2v) is 7.68. The van der Waals surface area contributed by atoms with Gasteiger partial charge in [0.05, 0.1) is 6.61 Å². The summed E-state index contributed by atoms with van der Waals surface area (Å²) in [5.41, 5.74) is 3.33. The SMILES string of the molecule is CCOc1ccc(-c2noc(CCC(=O)N3CCN(c4cccc(C)c4)CC3)n2)cc1. The van der Waals surface area contributed by atoms with Crippen LogP contribution in [0, 0.1) is 6.92 Å². The summed E-state index contributed by atoms with van der Waals surface area (Å²) >= 11 is 0. The lowest BCUT2D eigenvalue weighted by molar-refractivity contribution is -0.131. The summed E-state index contributed by atoms with van der Waals surface area (Å²) in [7, 11) is 0. The van der Waals surface area contributed by atoms with E-state index in [0.29, 0.717) is 31.2 Å². The van der Waals surface area contributed by atoms with E-state index in [9.17, 15) is 4.79 Å². The average Bonchev–Trinajstić information content (AvgIpc) is 3.27. The van der Waals surface area contributed by atoms with Gasteiger partial charge in [-0.1, -0.05) is 17.3 Å². The zero-order valence-corrected chi connectivity index (χ0v) is 18.1. The monoisotopic (exact) mass is 420 g/mol. The van der Waals surface area contributed by atoms with Gasteiger partial charge in [0.15, 0.2) is 0 Å². The highest BCUT2D eigenvalue weighted by atomic mass is 16.5. The maximum atomic E-state index is 12.6. The van der Waals surface area contributed by atoms with Gasteiger partial charge in [-0.2, -0.15) is 4.98 Å². The first-order valence-corrected chi connectivity index (χ1v) is 10.8. The molecule has 7 heteroatoms. The molecule has 1 aliphatic rings. The number of aryl methyl sites for hydroxylation is 2. The normalized spacial score (nSPS) is 14.0. The summed E-state index contributed by atoms with van der Waals surface area (Å²) in [5, 5.41) is 4.04. The molecule has 1 saturated heterocycles. The van der Waals surface area contributed by atoms with Gasteiger partial charge >= 0.3 is 0 Å². The van der Waals surface area contributed by atoms with E-state index in [2.05, 4.69) is 46.2 Å². The number of hydrogen-bond donors (Lipinski definition) is 0. The molecule has 0 bridgehead atoms. The molecule has 0 aliphatic carbocycles. The first-order valence-electron chi connectivity index (χ1n) is 10.8. The fourth-order valence-electron chi connectivity index (χ4n) is 3.75. The smallest absolute Gasteiger partial charge is 0.227 e. The van der Waals surface area contributed by atoms with Crippen LogP contribution in [0.25, 0.3) is 11.4 Å². The third-order valence-corrected chi connectivity index (χ3v) is 5.44. The van der Waals surface area contributed by atoms with Gasteiger partial charge in [0, 0.05) is 50.3 Å². The minimum Gasteiger partial charge on any atom is -0.494 e. The first-order chi connectivity index (χ1) is 15.1. The summed E-state index contributed by atoms with van der Waals surface area (Å²) in [5.74, 6) is 1.95. The number of anilines is 1. The topological polar surface area (TPSA) is 71.7 Å². The molecule has 0 N–H and O–H groups in total. The largest absolute Gasteiger partial charge is 0.494 e. The van der Waals surface area contributed by atoms with Gasteiger partial charge in [-0.3, -0.25) is 4.79 Å². The number of hydrogen-bond acceptors (Lipinski definition) is 6.